The molecule has 0 fully saturated rings. The number of aliphatic hydroxyl groups excluding tert-OH is 2. The molecule has 0 aliphatic carbocycles. The van der Waals surface area contributed by atoms with Crippen molar-refractivity contribution in [2.45, 2.75) is 75.7 Å². The van der Waals surface area contributed by atoms with Crippen molar-refractivity contribution in [3.63, 3.8) is 0 Å². The SMILES string of the molecule is CC(=O)C(CCC(=O)NCCCCC(N)C(=O)N[C@@H](CO)C(=O)N[C@H](C=O)Cc1ccccc1)N[C@@H](CO)C(N)=O. The van der Waals surface area contributed by atoms with Gasteiger partial charge in [0.05, 0.1) is 31.3 Å². The minimum absolute atomic E-state index is 0.00298. The van der Waals surface area contributed by atoms with E-state index in [1.165, 1.54) is 6.92 Å². The van der Waals surface area contributed by atoms with Gasteiger partial charge in [0, 0.05) is 13.0 Å². The zero-order valence-electron chi connectivity index (χ0n) is 23.2. The van der Waals surface area contributed by atoms with Crippen molar-refractivity contribution in [3.05, 3.63) is 35.9 Å². The van der Waals surface area contributed by atoms with Gasteiger partial charge >= 0.3 is 0 Å². The highest BCUT2D eigenvalue weighted by atomic mass is 16.3. The zero-order chi connectivity index (χ0) is 30.8. The number of ketones is 1. The number of amides is 4. The molecule has 0 heterocycles. The van der Waals surface area contributed by atoms with Gasteiger partial charge in [-0.2, -0.15) is 0 Å². The van der Waals surface area contributed by atoms with Crippen LogP contribution in [0, 0.1) is 0 Å². The molecule has 10 N–H and O–H groups in total. The lowest BCUT2D eigenvalue weighted by Crippen LogP contribution is -2.55. The maximum atomic E-state index is 12.5. The van der Waals surface area contributed by atoms with Crippen LogP contribution in [0.15, 0.2) is 30.3 Å². The van der Waals surface area contributed by atoms with Gasteiger partial charge in [0.15, 0.2) is 0 Å². The number of carbonyl (C=O) groups is 6. The van der Waals surface area contributed by atoms with Crippen molar-refractivity contribution in [3.8, 4) is 0 Å². The molecule has 5 atom stereocenters. The number of aliphatic hydroxyl groups is 2. The third-order valence-electron chi connectivity index (χ3n) is 6.29. The van der Waals surface area contributed by atoms with E-state index in [4.69, 9.17) is 11.5 Å². The van der Waals surface area contributed by atoms with E-state index < -0.39 is 61.1 Å². The third kappa shape index (κ3) is 14.0. The fraction of sp³-hybridized carbons (Fsp3) is 0.556. The van der Waals surface area contributed by atoms with Crippen molar-refractivity contribution in [1.29, 1.82) is 0 Å². The van der Waals surface area contributed by atoms with Gasteiger partial charge in [-0.1, -0.05) is 30.3 Å². The molecule has 0 saturated heterocycles. The molecule has 0 bridgehead atoms. The van der Waals surface area contributed by atoms with Crippen LogP contribution in [0.1, 0.15) is 44.6 Å². The lowest BCUT2D eigenvalue weighted by molar-refractivity contribution is -0.131. The normalized spacial score (nSPS) is 14.5. The largest absolute Gasteiger partial charge is 0.394 e. The molecule has 41 heavy (non-hydrogen) atoms. The number of primary amides is 1. The van der Waals surface area contributed by atoms with E-state index in [0.29, 0.717) is 25.7 Å². The summed E-state index contributed by atoms with van der Waals surface area (Å²) in [6.45, 7) is 0.334. The van der Waals surface area contributed by atoms with Gasteiger partial charge in [0.1, 0.15) is 24.2 Å². The average Bonchev–Trinajstić information content (AvgIpc) is 2.95. The highest BCUT2D eigenvalue weighted by Gasteiger charge is 2.25. The maximum Gasteiger partial charge on any atom is 0.245 e. The Balaban J connectivity index is 2.37. The van der Waals surface area contributed by atoms with Crippen LogP contribution in [0.25, 0.3) is 0 Å². The predicted octanol–water partition coefficient (Wildman–Crippen LogP) is -2.82. The van der Waals surface area contributed by atoms with Crippen LogP contribution in [-0.2, 0) is 35.2 Å². The van der Waals surface area contributed by atoms with Crippen LogP contribution < -0.4 is 32.7 Å². The lowest BCUT2D eigenvalue weighted by atomic mass is 10.1. The first-order valence-corrected chi connectivity index (χ1v) is 13.4. The first kappa shape index (κ1) is 35.3. The Bertz CT molecular complexity index is 1010. The van der Waals surface area contributed by atoms with Crippen molar-refractivity contribution in [1.82, 2.24) is 21.3 Å². The monoisotopic (exact) mass is 578 g/mol. The van der Waals surface area contributed by atoms with Gasteiger partial charge < -0.3 is 42.4 Å². The molecule has 14 nitrogen and oxygen atoms in total. The van der Waals surface area contributed by atoms with Crippen LogP contribution in [0.2, 0.25) is 0 Å². The Morgan fingerprint density at radius 3 is 2.12 bits per heavy atom. The number of hydrogen-bond donors (Lipinski definition) is 8. The summed E-state index contributed by atoms with van der Waals surface area (Å²) in [5.74, 6) is -2.80. The second-order valence-electron chi connectivity index (χ2n) is 9.64. The van der Waals surface area contributed by atoms with Crippen LogP contribution in [0.5, 0.6) is 0 Å². The lowest BCUT2D eigenvalue weighted by Gasteiger charge is -2.21. The van der Waals surface area contributed by atoms with Gasteiger partial charge in [-0.25, -0.2) is 0 Å². The number of Topliss-reactive ketones (excluding diaryl/α,β-unsaturated/α-hetero) is 1. The van der Waals surface area contributed by atoms with E-state index >= 15 is 0 Å². The second-order valence-corrected chi connectivity index (χ2v) is 9.64. The van der Waals surface area contributed by atoms with Crippen molar-refractivity contribution >= 4 is 35.7 Å². The highest BCUT2D eigenvalue weighted by Crippen LogP contribution is 2.04. The van der Waals surface area contributed by atoms with Crippen LogP contribution in [0.3, 0.4) is 0 Å². The fourth-order valence-corrected chi connectivity index (χ4v) is 3.84. The number of nitrogens with one attached hydrogen (secondary N) is 4. The molecule has 0 aliphatic heterocycles. The molecule has 4 amide bonds. The number of aldehydes is 1. The Kier molecular flexibility index (Phi) is 16.7. The second kappa shape index (κ2) is 19.4. The van der Waals surface area contributed by atoms with Crippen molar-refractivity contribution in [2.75, 3.05) is 19.8 Å². The Morgan fingerprint density at radius 2 is 1.56 bits per heavy atom. The summed E-state index contributed by atoms with van der Waals surface area (Å²) in [6, 6.07) is 4.05. The van der Waals surface area contributed by atoms with Crippen LogP contribution >= 0.6 is 0 Å². The van der Waals surface area contributed by atoms with Crippen LogP contribution in [0.4, 0.5) is 0 Å². The van der Waals surface area contributed by atoms with Crippen molar-refractivity contribution in [2.24, 2.45) is 11.5 Å². The molecule has 0 aliphatic rings. The minimum atomic E-state index is -1.28. The van der Waals surface area contributed by atoms with Gasteiger partial charge in [-0.05, 0) is 44.6 Å². The summed E-state index contributed by atoms with van der Waals surface area (Å²) in [5.41, 5.74) is 11.9. The zero-order valence-corrected chi connectivity index (χ0v) is 23.2. The smallest absolute Gasteiger partial charge is 0.245 e. The molecule has 228 valence electrons. The fourth-order valence-electron chi connectivity index (χ4n) is 3.84. The van der Waals surface area contributed by atoms with E-state index in [1.807, 2.05) is 18.2 Å². The highest BCUT2D eigenvalue weighted by molar-refractivity contribution is 5.91. The average molecular weight is 579 g/mol. The number of rotatable bonds is 21. The number of nitrogens with two attached hydrogens (primary N) is 2. The minimum Gasteiger partial charge on any atom is -0.394 e. The molecule has 1 rings (SSSR count). The number of carbonyl (C=O) groups excluding carboxylic acids is 6. The van der Waals surface area contributed by atoms with Gasteiger partial charge in [-0.3, -0.25) is 29.3 Å². The van der Waals surface area contributed by atoms with E-state index in [9.17, 15) is 39.0 Å². The maximum absolute atomic E-state index is 12.5. The molecule has 0 spiro atoms. The number of benzene rings is 1. The van der Waals surface area contributed by atoms with Gasteiger partial charge in [-0.15, -0.1) is 0 Å². The Morgan fingerprint density at radius 1 is 0.902 bits per heavy atom. The van der Waals surface area contributed by atoms with E-state index in [-0.39, 0.29) is 37.4 Å². The van der Waals surface area contributed by atoms with Gasteiger partial charge in [0.2, 0.25) is 23.6 Å². The molecule has 1 aromatic carbocycles. The summed E-state index contributed by atoms with van der Waals surface area (Å²) >= 11 is 0. The molecular weight excluding hydrogens is 536 g/mol. The van der Waals surface area contributed by atoms with Gasteiger partial charge in [0.25, 0.3) is 0 Å². The quantitative estimate of drug-likeness (QED) is 0.0549. The summed E-state index contributed by atoms with van der Waals surface area (Å²) in [4.78, 5) is 71.5. The summed E-state index contributed by atoms with van der Waals surface area (Å²) in [5, 5.41) is 29.0. The molecule has 0 aromatic heterocycles. The first-order chi connectivity index (χ1) is 19.5. The van der Waals surface area contributed by atoms with E-state index in [2.05, 4.69) is 21.3 Å². The summed E-state index contributed by atoms with van der Waals surface area (Å²) in [7, 11) is 0. The Hall–Kier alpha value is -3.72. The van der Waals surface area contributed by atoms with E-state index in [1.54, 1.807) is 12.1 Å². The molecule has 0 radical (unpaired) electrons. The topological polar surface area (TPSA) is 243 Å². The van der Waals surface area contributed by atoms with Crippen LogP contribution in [-0.4, -0.2) is 95.9 Å². The first-order valence-electron chi connectivity index (χ1n) is 13.4. The van der Waals surface area contributed by atoms with Crippen molar-refractivity contribution < 1.29 is 39.0 Å². The number of unbranched alkanes of at least 4 members (excludes halogenated alkanes) is 1. The third-order valence-corrected chi connectivity index (χ3v) is 6.29. The molecule has 14 heteroatoms. The number of hydrogen-bond acceptors (Lipinski definition) is 10. The predicted molar refractivity (Wildman–Crippen MR) is 149 cm³/mol. The van der Waals surface area contributed by atoms with E-state index in [0.717, 1.165) is 5.56 Å². The molecular formula is C27H42N6O8. The molecule has 1 aromatic rings. The summed E-state index contributed by atoms with van der Waals surface area (Å²) < 4.78 is 0. The molecule has 2 unspecified atom stereocenters. The standard InChI is InChI=1S/C27H42N6O8/c1-17(37)21(32-22(15-35)25(29)39)10-11-24(38)30-12-6-5-9-20(28)26(40)33-23(16-36)27(41)31-19(14-34)13-18-7-3-2-4-8-18/h2-4,7-8,14,19-23,32,35-36H,5-6,9-13,15-16,28H2,1H3,(H2,29,39)(H,30,38)(H,31,41)(H,33,40)/t19-,20?,21?,22-,23-/m0/s1. The summed E-state index contributed by atoms with van der Waals surface area (Å²) in [6.07, 6.45) is 2.17. The Labute approximate surface area is 239 Å². The molecule has 0 saturated carbocycles.